The van der Waals surface area contributed by atoms with Crippen LogP contribution in [0.1, 0.15) is 16.1 Å². The molecule has 0 radical (unpaired) electrons. The number of nitrogens with two attached hydrogens (primary N) is 1. The number of carbonyl (C=O) groups is 1. The van der Waals surface area contributed by atoms with E-state index in [0.717, 1.165) is 32.7 Å². The first-order valence-electron chi connectivity index (χ1n) is 7.49. The third-order valence-corrected chi connectivity index (χ3v) is 3.91. The molecule has 2 aromatic rings. The van der Waals surface area contributed by atoms with Crippen LogP contribution in [0.15, 0.2) is 48.7 Å². The van der Waals surface area contributed by atoms with Crippen LogP contribution in [0.2, 0.25) is 0 Å². The van der Waals surface area contributed by atoms with Gasteiger partial charge in [0.05, 0.1) is 11.9 Å². The summed E-state index contributed by atoms with van der Waals surface area (Å²) in [5, 5.41) is 0. The van der Waals surface area contributed by atoms with Gasteiger partial charge < -0.3 is 10.6 Å². The highest BCUT2D eigenvalue weighted by molar-refractivity contribution is 5.92. The van der Waals surface area contributed by atoms with Crippen LogP contribution in [-0.4, -0.2) is 46.9 Å². The number of anilines is 1. The minimum absolute atomic E-state index is 0. The van der Waals surface area contributed by atoms with Crippen LogP contribution >= 0.6 is 24.8 Å². The quantitative estimate of drug-likeness (QED) is 0.903. The molecule has 1 aromatic heterocycles. The second kappa shape index (κ2) is 9.47. The van der Waals surface area contributed by atoms with Crippen molar-refractivity contribution < 1.29 is 4.79 Å². The molecule has 1 saturated heterocycles. The number of piperazine rings is 1. The molecule has 2 heterocycles. The van der Waals surface area contributed by atoms with Crippen molar-refractivity contribution in [3.05, 3.63) is 59.9 Å². The SMILES string of the molecule is Cl.Cl.Nc1ccc(C(=O)N2CCN(Cc3ccccc3)CC2)nc1. The van der Waals surface area contributed by atoms with Gasteiger partial charge in [0.2, 0.25) is 0 Å². The Morgan fingerprint density at radius 2 is 1.67 bits per heavy atom. The zero-order valence-electron chi connectivity index (χ0n) is 13.3. The smallest absolute Gasteiger partial charge is 0.272 e. The molecule has 7 heteroatoms. The largest absolute Gasteiger partial charge is 0.397 e. The predicted octanol–water partition coefficient (Wildman–Crippen LogP) is 2.47. The van der Waals surface area contributed by atoms with Crippen LogP contribution in [0, 0.1) is 0 Å². The van der Waals surface area contributed by atoms with E-state index in [9.17, 15) is 4.79 Å². The zero-order chi connectivity index (χ0) is 15.4. The molecular weight excluding hydrogens is 347 g/mol. The molecule has 5 nitrogen and oxygen atoms in total. The number of nitrogens with zero attached hydrogens (tertiary/aromatic N) is 3. The molecular formula is C17H22Cl2N4O. The fourth-order valence-corrected chi connectivity index (χ4v) is 2.64. The maximum absolute atomic E-state index is 12.4. The van der Waals surface area contributed by atoms with Gasteiger partial charge >= 0.3 is 0 Å². The van der Waals surface area contributed by atoms with Crippen LogP contribution < -0.4 is 5.73 Å². The summed E-state index contributed by atoms with van der Waals surface area (Å²) in [6, 6.07) is 13.8. The summed E-state index contributed by atoms with van der Waals surface area (Å²) in [7, 11) is 0. The Morgan fingerprint density at radius 3 is 2.25 bits per heavy atom. The third kappa shape index (κ3) is 5.09. The van der Waals surface area contributed by atoms with Gasteiger partial charge in [0.25, 0.3) is 5.91 Å². The van der Waals surface area contributed by atoms with Crippen LogP contribution in [0.3, 0.4) is 0 Å². The average Bonchev–Trinajstić information content (AvgIpc) is 2.57. The fraction of sp³-hybridized carbons (Fsp3) is 0.294. The van der Waals surface area contributed by atoms with Crippen molar-refractivity contribution in [1.82, 2.24) is 14.8 Å². The molecule has 2 N–H and O–H groups in total. The number of aromatic nitrogens is 1. The zero-order valence-corrected chi connectivity index (χ0v) is 14.9. The molecule has 130 valence electrons. The molecule has 0 bridgehead atoms. The monoisotopic (exact) mass is 368 g/mol. The van der Waals surface area contributed by atoms with Crippen LogP contribution in [0.4, 0.5) is 5.69 Å². The Balaban J connectivity index is 0.00000144. The third-order valence-electron chi connectivity index (χ3n) is 3.91. The number of rotatable bonds is 3. The van der Waals surface area contributed by atoms with Crippen molar-refractivity contribution >= 4 is 36.4 Å². The van der Waals surface area contributed by atoms with Gasteiger partial charge in [-0.15, -0.1) is 24.8 Å². The lowest BCUT2D eigenvalue weighted by atomic mass is 10.2. The molecule has 1 aliphatic heterocycles. The predicted molar refractivity (Wildman–Crippen MR) is 101 cm³/mol. The normalized spacial score (nSPS) is 14.4. The highest BCUT2D eigenvalue weighted by Crippen LogP contribution is 2.11. The van der Waals surface area contributed by atoms with E-state index < -0.39 is 0 Å². The van der Waals surface area contributed by atoms with Crippen molar-refractivity contribution in [3.8, 4) is 0 Å². The van der Waals surface area contributed by atoms with E-state index in [4.69, 9.17) is 5.73 Å². The minimum atomic E-state index is -0.0145. The lowest BCUT2D eigenvalue weighted by molar-refractivity contribution is 0.0623. The number of hydrogen-bond acceptors (Lipinski definition) is 4. The van der Waals surface area contributed by atoms with Crippen molar-refractivity contribution in [3.63, 3.8) is 0 Å². The summed E-state index contributed by atoms with van der Waals surface area (Å²) in [6.07, 6.45) is 1.53. The van der Waals surface area contributed by atoms with Gasteiger partial charge in [-0.25, -0.2) is 4.98 Å². The Hall–Kier alpha value is -1.82. The molecule has 3 rings (SSSR count). The highest BCUT2D eigenvalue weighted by atomic mass is 35.5. The van der Waals surface area contributed by atoms with Crippen molar-refractivity contribution in [2.24, 2.45) is 0 Å². The Bertz CT molecular complexity index is 629. The van der Waals surface area contributed by atoms with Crippen molar-refractivity contribution in [2.45, 2.75) is 6.54 Å². The average molecular weight is 369 g/mol. The summed E-state index contributed by atoms with van der Waals surface area (Å²) < 4.78 is 0. The molecule has 1 aliphatic rings. The topological polar surface area (TPSA) is 62.5 Å². The molecule has 1 fully saturated rings. The Kier molecular flexibility index (Phi) is 7.98. The molecule has 0 aliphatic carbocycles. The van der Waals surface area contributed by atoms with Crippen molar-refractivity contribution in [1.29, 1.82) is 0 Å². The number of pyridine rings is 1. The van der Waals surface area contributed by atoms with Gasteiger partial charge in [-0.1, -0.05) is 30.3 Å². The summed E-state index contributed by atoms with van der Waals surface area (Å²) in [5.74, 6) is -0.0145. The van der Waals surface area contributed by atoms with E-state index in [1.165, 1.54) is 11.8 Å². The molecule has 1 amide bonds. The van der Waals surface area contributed by atoms with E-state index in [1.54, 1.807) is 12.1 Å². The molecule has 0 atom stereocenters. The first-order valence-corrected chi connectivity index (χ1v) is 7.49. The lowest BCUT2D eigenvalue weighted by Gasteiger charge is -2.34. The Morgan fingerprint density at radius 1 is 1.00 bits per heavy atom. The molecule has 24 heavy (non-hydrogen) atoms. The summed E-state index contributed by atoms with van der Waals surface area (Å²) in [5.41, 5.74) is 7.95. The van der Waals surface area contributed by atoms with Gasteiger partial charge in [0.1, 0.15) is 5.69 Å². The second-order valence-electron chi connectivity index (χ2n) is 5.53. The number of nitrogen functional groups attached to an aromatic ring is 1. The highest BCUT2D eigenvalue weighted by Gasteiger charge is 2.22. The van der Waals surface area contributed by atoms with E-state index in [1.807, 2.05) is 11.0 Å². The van der Waals surface area contributed by atoms with Gasteiger partial charge in [0, 0.05) is 32.7 Å². The fourth-order valence-electron chi connectivity index (χ4n) is 2.64. The number of carbonyl (C=O) groups excluding carboxylic acids is 1. The maximum Gasteiger partial charge on any atom is 0.272 e. The maximum atomic E-state index is 12.4. The summed E-state index contributed by atoms with van der Waals surface area (Å²) >= 11 is 0. The van der Waals surface area contributed by atoms with E-state index in [-0.39, 0.29) is 30.7 Å². The lowest BCUT2D eigenvalue weighted by Crippen LogP contribution is -2.48. The van der Waals surface area contributed by atoms with E-state index in [2.05, 4.69) is 34.1 Å². The van der Waals surface area contributed by atoms with E-state index in [0.29, 0.717) is 11.4 Å². The standard InChI is InChI=1S/C17H20N4O.2ClH/c18-15-6-7-16(19-12-15)17(22)21-10-8-20(9-11-21)13-14-4-2-1-3-5-14;;/h1-7,12H,8-11,13,18H2;2*1H. The van der Waals surface area contributed by atoms with Crippen molar-refractivity contribution in [2.75, 3.05) is 31.9 Å². The minimum Gasteiger partial charge on any atom is -0.397 e. The number of benzene rings is 1. The van der Waals surface area contributed by atoms with Gasteiger partial charge in [0.15, 0.2) is 0 Å². The van der Waals surface area contributed by atoms with Gasteiger partial charge in [-0.2, -0.15) is 0 Å². The van der Waals surface area contributed by atoms with Crippen LogP contribution in [-0.2, 0) is 6.54 Å². The van der Waals surface area contributed by atoms with Crippen LogP contribution in [0.5, 0.6) is 0 Å². The molecule has 0 saturated carbocycles. The van der Waals surface area contributed by atoms with Crippen LogP contribution in [0.25, 0.3) is 0 Å². The molecule has 0 spiro atoms. The number of hydrogen-bond donors (Lipinski definition) is 1. The summed E-state index contributed by atoms with van der Waals surface area (Å²) in [4.78, 5) is 20.7. The first kappa shape index (κ1) is 20.2. The second-order valence-corrected chi connectivity index (χ2v) is 5.53. The number of halogens is 2. The van der Waals surface area contributed by atoms with Gasteiger partial charge in [-0.05, 0) is 17.7 Å². The van der Waals surface area contributed by atoms with E-state index >= 15 is 0 Å². The van der Waals surface area contributed by atoms with Gasteiger partial charge in [-0.3, -0.25) is 9.69 Å². The Labute approximate surface area is 154 Å². The summed E-state index contributed by atoms with van der Waals surface area (Å²) in [6.45, 7) is 4.17. The number of amides is 1. The first-order chi connectivity index (χ1) is 10.7. The molecule has 1 aromatic carbocycles. The molecule has 0 unspecified atom stereocenters.